The van der Waals surface area contributed by atoms with Gasteiger partial charge in [0.25, 0.3) is 5.69 Å². The van der Waals surface area contributed by atoms with Crippen LogP contribution in [-0.4, -0.2) is 43.2 Å². The van der Waals surface area contributed by atoms with Crippen LogP contribution in [0.25, 0.3) is 0 Å². The van der Waals surface area contributed by atoms with Gasteiger partial charge in [-0.25, -0.2) is 0 Å². The molecule has 1 aliphatic rings. The van der Waals surface area contributed by atoms with E-state index in [0.717, 1.165) is 17.1 Å². The van der Waals surface area contributed by atoms with Crippen LogP contribution in [0.3, 0.4) is 0 Å². The van der Waals surface area contributed by atoms with Crippen LogP contribution in [0, 0.1) is 10.1 Å². The Labute approximate surface area is 145 Å². The third-order valence-electron chi connectivity index (χ3n) is 4.00. The van der Waals surface area contributed by atoms with E-state index in [0.29, 0.717) is 25.4 Å². The highest BCUT2D eigenvalue weighted by Gasteiger charge is 2.22. The quantitative estimate of drug-likeness (QED) is 0.592. The molecule has 3 rings (SSSR count). The topological polar surface area (TPSA) is 74.1 Å². The molecule has 0 fully saturated rings. The molecule has 1 atom stereocenters. The predicted octanol–water partition coefficient (Wildman–Crippen LogP) is 2.88. The smallest absolute Gasteiger partial charge is 0.270 e. The molecule has 0 spiro atoms. The summed E-state index contributed by atoms with van der Waals surface area (Å²) in [6, 6.07) is 12.2. The van der Waals surface area contributed by atoms with Crippen molar-refractivity contribution >= 4 is 5.69 Å². The number of methoxy groups -OCH3 is 1. The minimum atomic E-state index is -0.405. The van der Waals surface area contributed by atoms with Crippen molar-refractivity contribution in [3.05, 3.63) is 58.1 Å². The first kappa shape index (κ1) is 17.0. The molecule has 0 bridgehead atoms. The number of non-ortho nitro benzene ring substituents is 1. The van der Waals surface area contributed by atoms with Gasteiger partial charge in [-0.3, -0.25) is 15.0 Å². The van der Waals surface area contributed by atoms with Crippen LogP contribution in [0.1, 0.15) is 5.56 Å². The lowest BCUT2D eigenvalue weighted by Crippen LogP contribution is -2.39. The molecule has 2 aromatic carbocycles. The maximum absolute atomic E-state index is 11.0. The first-order valence-electron chi connectivity index (χ1n) is 7.95. The summed E-state index contributed by atoms with van der Waals surface area (Å²) in [7, 11) is 3.49. The predicted molar refractivity (Wildman–Crippen MR) is 92.3 cm³/mol. The average molecular weight is 344 g/mol. The van der Waals surface area contributed by atoms with E-state index in [4.69, 9.17) is 14.2 Å². The van der Waals surface area contributed by atoms with Crippen LogP contribution in [0.2, 0.25) is 0 Å². The lowest BCUT2D eigenvalue weighted by atomic mass is 10.1. The van der Waals surface area contributed by atoms with Gasteiger partial charge in [0.15, 0.2) is 11.5 Å². The summed E-state index contributed by atoms with van der Waals surface area (Å²) in [4.78, 5) is 12.6. The number of benzene rings is 2. The summed E-state index contributed by atoms with van der Waals surface area (Å²) in [5, 5.41) is 11.0. The Kier molecular flexibility index (Phi) is 5.04. The van der Waals surface area contributed by atoms with Crippen molar-refractivity contribution in [2.45, 2.75) is 12.6 Å². The van der Waals surface area contributed by atoms with Crippen molar-refractivity contribution in [3.63, 3.8) is 0 Å². The van der Waals surface area contributed by atoms with Gasteiger partial charge in [0.2, 0.25) is 0 Å². The zero-order chi connectivity index (χ0) is 17.8. The molecule has 25 heavy (non-hydrogen) atoms. The Morgan fingerprint density at radius 3 is 2.76 bits per heavy atom. The Hall–Kier alpha value is -2.80. The second-order valence-electron chi connectivity index (χ2n) is 5.95. The summed E-state index contributed by atoms with van der Waals surface area (Å²) < 4.78 is 17.0. The molecular formula is C18H20N2O5. The lowest BCUT2D eigenvalue weighted by molar-refractivity contribution is -0.384. The van der Waals surface area contributed by atoms with Crippen LogP contribution in [-0.2, 0) is 6.54 Å². The molecule has 1 heterocycles. The highest BCUT2D eigenvalue weighted by molar-refractivity contribution is 5.44. The SMILES string of the molecule is COc1ccc([N+](=O)[O-])cc1CN(C)CC1COc2ccccc2O1. The molecule has 0 saturated carbocycles. The van der Waals surface area contributed by atoms with E-state index in [-0.39, 0.29) is 11.8 Å². The first-order chi connectivity index (χ1) is 12.1. The van der Waals surface area contributed by atoms with Gasteiger partial charge in [0, 0.05) is 30.8 Å². The molecule has 7 nitrogen and oxygen atoms in total. The van der Waals surface area contributed by atoms with Gasteiger partial charge < -0.3 is 14.2 Å². The largest absolute Gasteiger partial charge is 0.496 e. The van der Waals surface area contributed by atoms with Crippen molar-refractivity contribution < 1.29 is 19.1 Å². The molecule has 1 unspecified atom stereocenters. The number of likely N-dealkylation sites (N-methyl/N-ethyl adjacent to an activating group) is 1. The van der Waals surface area contributed by atoms with Gasteiger partial charge in [-0.05, 0) is 25.2 Å². The molecule has 0 radical (unpaired) electrons. The molecule has 132 valence electrons. The van der Waals surface area contributed by atoms with Crippen LogP contribution < -0.4 is 14.2 Å². The maximum atomic E-state index is 11.0. The summed E-state index contributed by atoms with van der Waals surface area (Å²) in [6.45, 7) is 1.60. The van der Waals surface area contributed by atoms with Gasteiger partial charge in [0.1, 0.15) is 18.5 Å². The monoisotopic (exact) mass is 344 g/mol. The molecular weight excluding hydrogens is 324 g/mol. The Morgan fingerprint density at radius 1 is 1.28 bits per heavy atom. The van der Waals surface area contributed by atoms with E-state index in [2.05, 4.69) is 0 Å². The number of hydrogen-bond donors (Lipinski definition) is 0. The first-order valence-corrected chi connectivity index (χ1v) is 7.95. The summed E-state index contributed by atoms with van der Waals surface area (Å²) in [5.41, 5.74) is 0.812. The number of ether oxygens (including phenoxy) is 3. The Morgan fingerprint density at radius 2 is 2.04 bits per heavy atom. The maximum Gasteiger partial charge on any atom is 0.270 e. The molecule has 0 saturated heterocycles. The van der Waals surface area contributed by atoms with Gasteiger partial charge in [-0.15, -0.1) is 0 Å². The van der Waals surface area contributed by atoms with Crippen molar-refractivity contribution in [2.75, 3.05) is 27.3 Å². The Balaban J connectivity index is 1.66. The fourth-order valence-electron chi connectivity index (χ4n) is 2.86. The van der Waals surface area contributed by atoms with E-state index in [9.17, 15) is 10.1 Å². The van der Waals surface area contributed by atoms with Crippen molar-refractivity contribution in [2.24, 2.45) is 0 Å². The zero-order valence-corrected chi connectivity index (χ0v) is 14.2. The van der Waals surface area contributed by atoms with E-state index in [1.54, 1.807) is 19.2 Å². The molecule has 0 aromatic heterocycles. The van der Waals surface area contributed by atoms with Crippen LogP contribution in [0.15, 0.2) is 42.5 Å². The van der Waals surface area contributed by atoms with Crippen LogP contribution in [0.5, 0.6) is 17.2 Å². The highest BCUT2D eigenvalue weighted by atomic mass is 16.6. The number of rotatable bonds is 6. The number of para-hydroxylation sites is 2. The van der Waals surface area contributed by atoms with Crippen molar-refractivity contribution in [3.8, 4) is 17.2 Å². The van der Waals surface area contributed by atoms with Gasteiger partial charge in [-0.1, -0.05) is 12.1 Å². The fraction of sp³-hybridized carbons (Fsp3) is 0.333. The molecule has 2 aromatic rings. The molecule has 0 N–H and O–H groups in total. The molecule has 7 heteroatoms. The van der Waals surface area contributed by atoms with Gasteiger partial charge in [0.05, 0.1) is 12.0 Å². The van der Waals surface area contributed by atoms with Crippen LogP contribution >= 0.6 is 0 Å². The third-order valence-corrected chi connectivity index (χ3v) is 4.00. The number of hydrogen-bond acceptors (Lipinski definition) is 6. The number of nitrogens with zero attached hydrogens (tertiary/aromatic N) is 2. The number of nitro benzene ring substituents is 1. The van der Waals surface area contributed by atoms with E-state index >= 15 is 0 Å². The van der Waals surface area contributed by atoms with Gasteiger partial charge >= 0.3 is 0 Å². The summed E-state index contributed by atoms with van der Waals surface area (Å²) in [5.74, 6) is 2.12. The number of fused-ring (bicyclic) bond motifs is 1. The van der Waals surface area contributed by atoms with E-state index in [1.165, 1.54) is 6.07 Å². The Bertz CT molecular complexity index is 765. The third kappa shape index (κ3) is 4.00. The summed E-state index contributed by atoms with van der Waals surface area (Å²) in [6.07, 6.45) is -0.107. The van der Waals surface area contributed by atoms with Crippen molar-refractivity contribution in [1.82, 2.24) is 4.90 Å². The molecule has 1 aliphatic heterocycles. The second kappa shape index (κ2) is 7.40. The standard InChI is InChI=1S/C18H20N2O5/c1-19(10-13-9-14(20(21)22)7-8-16(13)23-2)11-15-12-24-17-5-3-4-6-18(17)25-15/h3-9,15H,10-12H2,1-2H3. The fourth-order valence-corrected chi connectivity index (χ4v) is 2.86. The van der Waals surface area contributed by atoms with E-state index in [1.807, 2.05) is 36.2 Å². The normalized spacial score (nSPS) is 15.9. The second-order valence-corrected chi connectivity index (χ2v) is 5.95. The van der Waals surface area contributed by atoms with Gasteiger partial charge in [-0.2, -0.15) is 0 Å². The lowest BCUT2D eigenvalue weighted by Gasteiger charge is -2.29. The molecule has 0 amide bonds. The highest BCUT2D eigenvalue weighted by Crippen LogP contribution is 2.31. The van der Waals surface area contributed by atoms with E-state index < -0.39 is 4.92 Å². The summed E-state index contributed by atoms with van der Waals surface area (Å²) >= 11 is 0. The minimum absolute atomic E-state index is 0.0513. The van der Waals surface area contributed by atoms with Crippen LogP contribution in [0.4, 0.5) is 5.69 Å². The zero-order valence-electron chi connectivity index (χ0n) is 14.2. The molecule has 0 aliphatic carbocycles. The minimum Gasteiger partial charge on any atom is -0.496 e. The number of nitro groups is 1. The van der Waals surface area contributed by atoms with Crippen molar-refractivity contribution in [1.29, 1.82) is 0 Å². The average Bonchev–Trinajstić information content (AvgIpc) is 2.61.